The van der Waals surface area contributed by atoms with Crippen LogP contribution in [-0.4, -0.2) is 9.97 Å². The van der Waals surface area contributed by atoms with Crippen molar-refractivity contribution in [3.63, 3.8) is 0 Å². The van der Waals surface area contributed by atoms with Gasteiger partial charge in [0.15, 0.2) is 0 Å². The zero-order chi connectivity index (χ0) is 36.3. The first-order chi connectivity index (χ1) is 27.2. The molecule has 258 valence electrons. The van der Waals surface area contributed by atoms with Crippen molar-refractivity contribution in [2.75, 3.05) is 4.90 Å². The van der Waals surface area contributed by atoms with Gasteiger partial charge in [0.25, 0.3) is 0 Å². The van der Waals surface area contributed by atoms with Crippen molar-refractivity contribution in [3.05, 3.63) is 189 Å². The normalized spacial score (nSPS) is 11.6. The topological polar surface area (TPSA) is 55.3 Å². The van der Waals surface area contributed by atoms with E-state index in [1.807, 2.05) is 61.2 Å². The summed E-state index contributed by atoms with van der Waals surface area (Å²) in [6.45, 7) is 0. The van der Waals surface area contributed by atoms with E-state index in [4.69, 9.17) is 8.83 Å². The number of furan rings is 2. The van der Waals surface area contributed by atoms with E-state index >= 15 is 0 Å². The first kappa shape index (κ1) is 31.1. The van der Waals surface area contributed by atoms with Crippen molar-refractivity contribution in [1.82, 2.24) is 9.97 Å². The molecule has 4 heterocycles. The standard InChI is InChI=1S/C50H31N3O2/c1-2-8-36-27-37(14-13-32(36)7-1)33-15-21-38(22-16-33)53(39-23-17-34(18-24-39)43-28-51-30-45-41-9-3-5-11-47(41)54-49(43)45)40-25-19-35(20-26-40)44-29-52-31-46-42-10-4-6-12-48(42)55-50(44)46/h1-31H. The van der Waals surface area contributed by atoms with Crippen molar-refractivity contribution in [3.8, 4) is 33.4 Å². The number of hydrogen-bond acceptors (Lipinski definition) is 5. The number of rotatable bonds is 6. The molecule has 0 aliphatic rings. The van der Waals surface area contributed by atoms with E-state index in [-0.39, 0.29) is 0 Å². The van der Waals surface area contributed by atoms with E-state index in [1.165, 1.54) is 16.3 Å². The van der Waals surface area contributed by atoms with Crippen LogP contribution >= 0.6 is 0 Å². The Hall–Kier alpha value is -7.50. The van der Waals surface area contributed by atoms with Crippen LogP contribution in [0.5, 0.6) is 0 Å². The molecule has 5 nitrogen and oxygen atoms in total. The molecule has 0 saturated heterocycles. The van der Waals surface area contributed by atoms with Crippen molar-refractivity contribution in [2.24, 2.45) is 0 Å². The highest BCUT2D eigenvalue weighted by Crippen LogP contribution is 2.41. The summed E-state index contributed by atoms with van der Waals surface area (Å²) < 4.78 is 12.7. The Morgan fingerprint density at radius 1 is 0.345 bits per heavy atom. The van der Waals surface area contributed by atoms with Gasteiger partial charge in [-0.05, 0) is 87.6 Å². The summed E-state index contributed by atoms with van der Waals surface area (Å²) in [6.07, 6.45) is 7.55. The van der Waals surface area contributed by atoms with Crippen LogP contribution in [0.3, 0.4) is 0 Å². The fourth-order valence-corrected chi connectivity index (χ4v) is 7.89. The van der Waals surface area contributed by atoms with E-state index in [0.717, 1.165) is 88.8 Å². The smallest absolute Gasteiger partial charge is 0.146 e. The average Bonchev–Trinajstić information content (AvgIpc) is 3.83. The minimum atomic E-state index is 0.842. The summed E-state index contributed by atoms with van der Waals surface area (Å²) in [4.78, 5) is 11.5. The van der Waals surface area contributed by atoms with Crippen molar-refractivity contribution >= 4 is 71.7 Å². The molecule has 0 saturated carbocycles. The van der Waals surface area contributed by atoms with Crippen molar-refractivity contribution < 1.29 is 8.83 Å². The highest BCUT2D eigenvalue weighted by Gasteiger charge is 2.18. The minimum Gasteiger partial charge on any atom is -0.455 e. The highest BCUT2D eigenvalue weighted by molar-refractivity contribution is 6.10. The quantitative estimate of drug-likeness (QED) is 0.172. The molecule has 0 atom stereocenters. The molecule has 0 bridgehead atoms. The van der Waals surface area contributed by atoms with Gasteiger partial charge in [-0.3, -0.25) is 9.97 Å². The lowest BCUT2D eigenvalue weighted by atomic mass is 10.0. The molecule has 0 unspecified atom stereocenters. The van der Waals surface area contributed by atoms with E-state index in [0.29, 0.717) is 0 Å². The van der Waals surface area contributed by atoms with Gasteiger partial charge < -0.3 is 13.7 Å². The molecule has 0 radical (unpaired) electrons. The van der Waals surface area contributed by atoms with Gasteiger partial charge in [0.05, 0.1) is 0 Å². The number of aromatic nitrogens is 2. The second-order valence-electron chi connectivity index (χ2n) is 13.9. The Balaban J connectivity index is 0.996. The van der Waals surface area contributed by atoms with Crippen LogP contribution in [0.1, 0.15) is 0 Å². The molecule has 0 fully saturated rings. The summed E-state index contributed by atoms with van der Waals surface area (Å²) >= 11 is 0. The van der Waals surface area contributed by atoms with E-state index in [9.17, 15) is 0 Å². The molecule has 0 aliphatic heterocycles. The van der Waals surface area contributed by atoms with Crippen LogP contribution in [0.25, 0.3) is 88.0 Å². The molecule has 5 heteroatoms. The second kappa shape index (κ2) is 12.6. The predicted octanol–water partition coefficient (Wildman–Crippen LogP) is 13.9. The summed E-state index contributed by atoms with van der Waals surface area (Å²) in [6, 6.07) is 57.4. The van der Waals surface area contributed by atoms with Crippen LogP contribution in [0.4, 0.5) is 17.1 Å². The number of hydrogen-bond donors (Lipinski definition) is 0. The number of para-hydroxylation sites is 2. The Kier molecular flexibility index (Phi) is 7.10. The molecule has 0 N–H and O–H groups in total. The summed E-state index contributed by atoms with van der Waals surface area (Å²) in [5.41, 5.74) is 12.9. The Morgan fingerprint density at radius 3 is 1.31 bits per heavy atom. The van der Waals surface area contributed by atoms with Gasteiger partial charge in [-0.2, -0.15) is 0 Å². The third kappa shape index (κ3) is 5.24. The van der Waals surface area contributed by atoms with Gasteiger partial charge >= 0.3 is 0 Å². The average molecular weight is 706 g/mol. The first-order valence-electron chi connectivity index (χ1n) is 18.4. The van der Waals surface area contributed by atoms with Gasteiger partial charge in [0.1, 0.15) is 22.3 Å². The van der Waals surface area contributed by atoms with Gasteiger partial charge in [-0.25, -0.2) is 0 Å². The van der Waals surface area contributed by atoms with Crippen LogP contribution < -0.4 is 4.90 Å². The number of anilines is 3. The number of nitrogens with zero attached hydrogens (tertiary/aromatic N) is 3. The maximum atomic E-state index is 6.36. The van der Waals surface area contributed by atoms with Crippen LogP contribution in [-0.2, 0) is 0 Å². The Labute approximate surface area is 316 Å². The first-order valence-corrected chi connectivity index (χ1v) is 18.4. The molecule has 11 aromatic rings. The molecule has 0 amide bonds. The minimum absolute atomic E-state index is 0.842. The highest BCUT2D eigenvalue weighted by atomic mass is 16.3. The second-order valence-corrected chi connectivity index (χ2v) is 13.9. The number of pyridine rings is 2. The summed E-state index contributed by atoms with van der Waals surface area (Å²) in [5.74, 6) is 0. The Bertz CT molecular complexity index is 3040. The van der Waals surface area contributed by atoms with E-state index in [2.05, 4.69) is 142 Å². The fourth-order valence-electron chi connectivity index (χ4n) is 7.89. The maximum Gasteiger partial charge on any atom is 0.146 e. The van der Waals surface area contributed by atoms with Gasteiger partial charge in [-0.15, -0.1) is 0 Å². The van der Waals surface area contributed by atoms with E-state index < -0.39 is 0 Å². The van der Waals surface area contributed by atoms with Crippen molar-refractivity contribution in [1.29, 1.82) is 0 Å². The molecular formula is C50H31N3O2. The van der Waals surface area contributed by atoms with Gasteiger partial charge in [0.2, 0.25) is 0 Å². The molecular weight excluding hydrogens is 675 g/mol. The molecule has 7 aromatic carbocycles. The lowest BCUT2D eigenvalue weighted by Crippen LogP contribution is -2.09. The predicted molar refractivity (Wildman–Crippen MR) is 225 cm³/mol. The zero-order valence-corrected chi connectivity index (χ0v) is 29.6. The zero-order valence-electron chi connectivity index (χ0n) is 29.6. The SMILES string of the molecule is c1ccc2cc(-c3ccc(N(c4ccc(-c5cncc6c5oc5ccccc56)cc4)c4ccc(-c5cncc6c5oc5ccccc56)cc4)cc3)ccc2c1. The van der Waals surface area contributed by atoms with Gasteiger partial charge in [-0.1, -0.05) is 109 Å². The number of fused-ring (bicyclic) bond motifs is 7. The molecule has 0 spiro atoms. The van der Waals surface area contributed by atoms with E-state index in [1.54, 1.807) is 0 Å². The summed E-state index contributed by atoms with van der Waals surface area (Å²) in [5, 5.41) is 6.63. The third-order valence-electron chi connectivity index (χ3n) is 10.7. The number of benzene rings is 7. The third-order valence-corrected chi connectivity index (χ3v) is 10.7. The lowest BCUT2D eigenvalue weighted by molar-refractivity contribution is 0.669. The maximum absolute atomic E-state index is 6.36. The van der Waals surface area contributed by atoms with Crippen LogP contribution in [0.2, 0.25) is 0 Å². The summed E-state index contributed by atoms with van der Waals surface area (Å²) in [7, 11) is 0. The largest absolute Gasteiger partial charge is 0.455 e. The van der Waals surface area contributed by atoms with Gasteiger partial charge in [0, 0.05) is 74.5 Å². The van der Waals surface area contributed by atoms with Crippen LogP contribution in [0, 0.1) is 0 Å². The Morgan fingerprint density at radius 2 is 0.782 bits per heavy atom. The molecule has 55 heavy (non-hydrogen) atoms. The lowest BCUT2D eigenvalue weighted by Gasteiger charge is -2.26. The van der Waals surface area contributed by atoms with Crippen LogP contribution in [0.15, 0.2) is 197 Å². The van der Waals surface area contributed by atoms with Crippen molar-refractivity contribution in [2.45, 2.75) is 0 Å². The fraction of sp³-hybridized carbons (Fsp3) is 0. The molecule has 11 rings (SSSR count). The molecule has 4 aromatic heterocycles. The monoisotopic (exact) mass is 705 g/mol. The molecule has 0 aliphatic carbocycles.